The highest BCUT2D eigenvalue weighted by molar-refractivity contribution is 6.74. The minimum Gasteiger partial charge on any atom is -0.417 e. The first-order chi connectivity index (χ1) is 7.28. The maximum Gasteiger partial charge on any atom is 0.191 e. The van der Waals surface area contributed by atoms with Crippen molar-refractivity contribution in [3.8, 4) is 0 Å². The van der Waals surface area contributed by atoms with Gasteiger partial charge in [-0.25, -0.2) is 0 Å². The van der Waals surface area contributed by atoms with E-state index >= 15 is 0 Å². The topological polar surface area (TPSA) is 29.5 Å². The molecule has 0 bridgehead atoms. The van der Waals surface area contributed by atoms with Gasteiger partial charge in [-0.15, -0.1) is 0 Å². The van der Waals surface area contributed by atoms with Gasteiger partial charge in [-0.05, 0) is 42.8 Å². The quantitative estimate of drug-likeness (QED) is 0.768. The predicted octanol–water partition coefficient (Wildman–Crippen LogP) is 3.42. The maximum absolute atomic E-state index is 9.28. The van der Waals surface area contributed by atoms with Gasteiger partial charge in [-0.1, -0.05) is 27.2 Å². The summed E-state index contributed by atoms with van der Waals surface area (Å²) in [6, 6.07) is 0. The first-order valence-corrected chi connectivity index (χ1v) is 9.43. The summed E-state index contributed by atoms with van der Waals surface area (Å²) in [5.74, 6) is 1.09. The molecule has 1 rings (SSSR count). The van der Waals surface area contributed by atoms with E-state index in [0.29, 0.717) is 23.5 Å². The molecule has 0 aliphatic heterocycles. The second-order valence-electron chi connectivity index (χ2n) is 6.70. The molecule has 1 N–H and O–H groups in total. The van der Waals surface area contributed by atoms with Gasteiger partial charge in [-0.3, -0.25) is 0 Å². The lowest BCUT2D eigenvalue weighted by Gasteiger charge is -2.37. The summed E-state index contributed by atoms with van der Waals surface area (Å²) in [4.78, 5) is 0. The van der Waals surface area contributed by atoms with E-state index in [1.807, 2.05) is 0 Å². The van der Waals surface area contributed by atoms with E-state index in [4.69, 9.17) is 4.43 Å². The molecule has 0 radical (unpaired) electrons. The lowest BCUT2D eigenvalue weighted by Crippen LogP contribution is -2.42. The zero-order valence-electron chi connectivity index (χ0n) is 11.5. The Balaban J connectivity index is 2.45. The normalized spacial score (nSPS) is 27.4. The fourth-order valence-electron chi connectivity index (χ4n) is 2.11. The molecule has 0 aromatic rings. The number of aliphatic hydroxyl groups excluding tert-OH is 1. The number of aliphatic hydroxyl groups is 1. The molecule has 3 heteroatoms. The largest absolute Gasteiger partial charge is 0.417 e. The van der Waals surface area contributed by atoms with Crippen molar-refractivity contribution in [3.05, 3.63) is 0 Å². The van der Waals surface area contributed by atoms with Crippen molar-refractivity contribution in [2.24, 2.45) is 11.8 Å². The van der Waals surface area contributed by atoms with Crippen LogP contribution in [-0.2, 0) is 4.43 Å². The van der Waals surface area contributed by atoms with E-state index in [2.05, 4.69) is 33.9 Å². The third-order valence-corrected chi connectivity index (χ3v) is 9.02. The molecule has 0 unspecified atom stereocenters. The van der Waals surface area contributed by atoms with Crippen molar-refractivity contribution in [1.82, 2.24) is 0 Å². The Morgan fingerprint density at radius 2 is 1.75 bits per heavy atom. The fraction of sp³-hybridized carbons (Fsp3) is 1.00. The van der Waals surface area contributed by atoms with Gasteiger partial charge >= 0.3 is 0 Å². The van der Waals surface area contributed by atoms with Gasteiger partial charge in [0.25, 0.3) is 0 Å². The monoisotopic (exact) mass is 244 g/mol. The van der Waals surface area contributed by atoms with E-state index in [1.54, 1.807) is 0 Å². The van der Waals surface area contributed by atoms with Crippen LogP contribution in [0.1, 0.15) is 40.0 Å². The zero-order valence-corrected chi connectivity index (χ0v) is 12.5. The highest BCUT2D eigenvalue weighted by atomic mass is 28.4. The maximum atomic E-state index is 9.28. The van der Waals surface area contributed by atoms with E-state index in [0.717, 1.165) is 6.61 Å². The molecule has 0 aromatic carbocycles. The zero-order chi connectivity index (χ0) is 12.4. The Morgan fingerprint density at radius 3 is 2.25 bits per heavy atom. The third kappa shape index (κ3) is 3.31. The van der Waals surface area contributed by atoms with Crippen molar-refractivity contribution in [1.29, 1.82) is 0 Å². The van der Waals surface area contributed by atoms with Crippen LogP contribution in [0.2, 0.25) is 18.1 Å². The molecule has 0 saturated heterocycles. The van der Waals surface area contributed by atoms with Gasteiger partial charge in [0.05, 0.1) is 0 Å². The molecule has 0 amide bonds. The van der Waals surface area contributed by atoms with Crippen LogP contribution >= 0.6 is 0 Å². The van der Waals surface area contributed by atoms with Crippen LogP contribution in [0.15, 0.2) is 0 Å². The highest BCUT2D eigenvalue weighted by Crippen LogP contribution is 2.38. The lowest BCUT2D eigenvalue weighted by molar-refractivity contribution is 0.144. The van der Waals surface area contributed by atoms with Crippen LogP contribution in [0.3, 0.4) is 0 Å². The van der Waals surface area contributed by atoms with Crippen LogP contribution < -0.4 is 0 Å². The summed E-state index contributed by atoms with van der Waals surface area (Å²) >= 11 is 0. The SMILES string of the molecule is CC(C)(C)[Si](C)(C)OC[C@@H]1CCC[C@H]1CO. The summed E-state index contributed by atoms with van der Waals surface area (Å²) in [5.41, 5.74) is 0. The summed E-state index contributed by atoms with van der Waals surface area (Å²) in [7, 11) is -1.60. The second kappa shape index (κ2) is 5.19. The third-order valence-electron chi connectivity index (χ3n) is 4.52. The Morgan fingerprint density at radius 1 is 1.19 bits per heavy atom. The van der Waals surface area contributed by atoms with Crippen molar-refractivity contribution < 1.29 is 9.53 Å². The van der Waals surface area contributed by atoms with Gasteiger partial charge in [0.15, 0.2) is 8.32 Å². The van der Waals surface area contributed by atoms with Crippen molar-refractivity contribution in [2.75, 3.05) is 13.2 Å². The Labute approximate surface area is 102 Å². The molecule has 16 heavy (non-hydrogen) atoms. The van der Waals surface area contributed by atoms with Crippen molar-refractivity contribution in [3.63, 3.8) is 0 Å². The van der Waals surface area contributed by atoms with E-state index in [9.17, 15) is 5.11 Å². The van der Waals surface area contributed by atoms with Crippen LogP contribution in [0.5, 0.6) is 0 Å². The van der Waals surface area contributed by atoms with Crippen LogP contribution in [0, 0.1) is 11.8 Å². The molecule has 1 saturated carbocycles. The molecular formula is C13H28O2Si. The van der Waals surface area contributed by atoms with Crippen molar-refractivity contribution in [2.45, 2.75) is 58.2 Å². The molecule has 0 heterocycles. The summed E-state index contributed by atoms with van der Waals surface area (Å²) < 4.78 is 6.24. The Kier molecular flexibility index (Phi) is 4.61. The van der Waals surface area contributed by atoms with Gasteiger partial charge < -0.3 is 9.53 Å². The van der Waals surface area contributed by atoms with Gasteiger partial charge in [0.2, 0.25) is 0 Å². The van der Waals surface area contributed by atoms with Crippen LogP contribution in [0.4, 0.5) is 0 Å². The smallest absolute Gasteiger partial charge is 0.191 e. The Hall–Kier alpha value is 0.137. The van der Waals surface area contributed by atoms with E-state index < -0.39 is 8.32 Å². The summed E-state index contributed by atoms with van der Waals surface area (Å²) in [6.07, 6.45) is 3.68. The first-order valence-electron chi connectivity index (χ1n) is 6.53. The van der Waals surface area contributed by atoms with E-state index in [1.165, 1.54) is 19.3 Å². The molecule has 1 aliphatic rings. The van der Waals surface area contributed by atoms with Gasteiger partial charge in [0, 0.05) is 13.2 Å². The Bertz CT molecular complexity index is 220. The van der Waals surface area contributed by atoms with Crippen molar-refractivity contribution >= 4 is 8.32 Å². The average molecular weight is 244 g/mol. The summed E-state index contributed by atoms with van der Waals surface area (Å²) in [6.45, 7) is 12.6. The summed E-state index contributed by atoms with van der Waals surface area (Å²) in [5, 5.41) is 9.57. The van der Waals surface area contributed by atoms with Gasteiger partial charge in [0.1, 0.15) is 0 Å². The molecular weight excluding hydrogens is 216 g/mol. The molecule has 96 valence electrons. The fourth-order valence-corrected chi connectivity index (χ4v) is 3.17. The molecule has 0 spiro atoms. The number of hydrogen-bond acceptors (Lipinski definition) is 2. The molecule has 1 aliphatic carbocycles. The second-order valence-corrected chi connectivity index (χ2v) is 11.5. The highest BCUT2D eigenvalue weighted by Gasteiger charge is 2.38. The standard InChI is InChI=1S/C13H28O2Si/c1-13(2,3)16(4,5)15-10-12-8-6-7-11(12)9-14/h11-12,14H,6-10H2,1-5H3/t11-,12-/m0/s1. The number of hydrogen-bond donors (Lipinski definition) is 1. The minimum atomic E-state index is -1.60. The molecule has 2 atom stereocenters. The van der Waals surface area contributed by atoms with Crippen LogP contribution in [0.25, 0.3) is 0 Å². The average Bonchev–Trinajstić information content (AvgIpc) is 2.60. The molecule has 2 nitrogen and oxygen atoms in total. The van der Waals surface area contributed by atoms with Crippen LogP contribution in [-0.4, -0.2) is 26.6 Å². The van der Waals surface area contributed by atoms with Gasteiger partial charge in [-0.2, -0.15) is 0 Å². The first kappa shape index (κ1) is 14.2. The number of rotatable bonds is 4. The lowest BCUT2D eigenvalue weighted by atomic mass is 9.98. The van der Waals surface area contributed by atoms with E-state index in [-0.39, 0.29) is 0 Å². The molecule has 1 fully saturated rings. The minimum absolute atomic E-state index is 0.292. The predicted molar refractivity (Wildman–Crippen MR) is 71.1 cm³/mol. The molecule has 0 aromatic heterocycles.